The molecule has 2 N–H and O–H groups in total. The zero-order chi connectivity index (χ0) is 11.6. The van der Waals surface area contributed by atoms with Gasteiger partial charge in [-0.05, 0) is 31.9 Å². The molecule has 0 aliphatic carbocycles. The Balaban J connectivity index is 3.05. The van der Waals surface area contributed by atoms with Gasteiger partial charge in [0.05, 0.1) is 0 Å². The fourth-order valence-electron chi connectivity index (χ4n) is 1.54. The number of amides is 1. The second-order valence-electron chi connectivity index (χ2n) is 3.53. The topological polar surface area (TPSA) is 66.4 Å². The Hall–Kier alpha value is -1.84. The zero-order valence-electron chi connectivity index (χ0n) is 8.92. The Morgan fingerprint density at radius 2 is 1.60 bits per heavy atom. The van der Waals surface area contributed by atoms with Gasteiger partial charge in [0, 0.05) is 5.69 Å². The van der Waals surface area contributed by atoms with Crippen LogP contribution >= 0.6 is 0 Å². The number of rotatable bonds is 1. The van der Waals surface area contributed by atoms with Crippen molar-refractivity contribution in [3.05, 3.63) is 28.8 Å². The van der Waals surface area contributed by atoms with Gasteiger partial charge in [-0.2, -0.15) is 0 Å². The molecular weight excluding hydrogens is 194 g/mol. The molecule has 0 fully saturated rings. The van der Waals surface area contributed by atoms with Crippen LogP contribution in [0.25, 0.3) is 0 Å². The molecule has 0 radical (unpaired) electrons. The third kappa shape index (κ3) is 2.56. The van der Waals surface area contributed by atoms with Gasteiger partial charge < -0.3 is 10.4 Å². The molecule has 0 bridgehead atoms. The molecular formula is C11H13NO3. The quantitative estimate of drug-likeness (QED) is 0.688. The van der Waals surface area contributed by atoms with Crippen LogP contribution < -0.4 is 5.32 Å². The summed E-state index contributed by atoms with van der Waals surface area (Å²) in [5, 5.41) is 10.8. The second-order valence-corrected chi connectivity index (χ2v) is 3.53. The minimum atomic E-state index is -1.48. The summed E-state index contributed by atoms with van der Waals surface area (Å²) < 4.78 is 0. The van der Waals surface area contributed by atoms with Crippen LogP contribution in [-0.2, 0) is 9.59 Å². The lowest BCUT2D eigenvalue weighted by molar-refractivity contribution is -0.147. The van der Waals surface area contributed by atoms with Crippen molar-refractivity contribution in [1.82, 2.24) is 0 Å². The highest BCUT2D eigenvalue weighted by atomic mass is 16.4. The first-order valence-electron chi connectivity index (χ1n) is 4.54. The molecule has 1 aromatic rings. The van der Waals surface area contributed by atoms with E-state index in [2.05, 4.69) is 5.32 Å². The van der Waals surface area contributed by atoms with E-state index in [9.17, 15) is 9.59 Å². The van der Waals surface area contributed by atoms with Crippen molar-refractivity contribution < 1.29 is 14.7 Å². The number of aliphatic carboxylic acids is 1. The van der Waals surface area contributed by atoms with Crippen LogP contribution in [0, 0.1) is 20.8 Å². The molecule has 0 saturated carbocycles. The molecule has 0 heterocycles. The van der Waals surface area contributed by atoms with E-state index in [0.717, 1.165) is 16.7 Å². The average molecular weight is 207 g/mol. The smallest absolute Gasteiger partial charge is 0.394 e. The lowest BCUT2D eigenvalue weighted by Crippen LogP contribution is -2.22. The van der Waals surface area contributed by atoms with Gasteiger partial charge in [0.2, 0.25) is 0 Å². The molecule has 0 saturated heterocycles. The van der Waals surface area contributed by atoms with Gasteiger partial charge in [-0.25, -0.2) is 4.79 Å². The summed E-state index contributed by atoms with van der Waals surface area (Å²) in [6, 6.07) is 3.79. The van der Waals surface area contributed by atoms with E-state index in [-0.39, 0.29) is 0 Å². The third-order valence-corrected chi connectivity index (χ3v) is 2.11. The van der Waals surface area contributed by atoms with Crippen molar-refractivity contribution in [2.24, 2.45) is 0 Å². The Morgan fingerprint density at radius 3 is 2.00 bits per heavy atom. The van der Waals surface area contributed by atoms with Crippen LogP contribution in [0.5, 0.6) is 0 Å². The van der Waals surface area contributed by atoms with Gasteiger partial charge in [0.25, 0.3) is 0 Å². The van der Waals surface area contributed by atoms with Crippen LogP contribution in [0.4, 0.5) is 5.69 Å². The molecule has 4 nitrogen and oxygen atoms in total. The fourth-order valence-corrected chi connectivity index (χ4v) is 1.54. The van der Waals surface area contributed by atoms with E-state index in [4.69, 9.17) is 5.11 Å². The van der Waals surface area contributed by atoms with E-state index in [1.165, 1.54) is 0 Å². The normalized spacial score (nSPS) is 9.80. The van der Waals surface area contributed by atoms with Gasteiger partial charge >= 0.3 is 11.9 Å². The van der Waals surface area contributed by atoms with E-state index in [0.29, 0.717) is 5.69 Å². The number of carboxylic acids is 1. The third-order valence-electron chi connectivity index (χ3n) is 2.11. The number of nitrogens with one attached hydrogen (secondary N) is 1. The molecule has 4 heteroatoms. The van der Waals surface area contributed by atoms with E-state index in [1.807, 2.05) is 32.9 Å². The SMILES string of the molecule is Cc1cc(C)c(NC(=O)C(=O)O)c(C)c1. The Kier molecular flexibility index (Phi) is 3.09. The van der Waals surface area contributed by atoms with Gasteiger partial charge in [0.15, 0.2) is 0 Å². The summed E-state index contributed by atoms with van der Waals surface area (Å²) in [5.41, 5.74) is 3.38. The number of hydrogen-bond donors (Lipinski definition) is 2. The van der Waals surface area contributed by atoms with Crippen molar-refractivity contribution in [2.45, 2.75) is 20.8 Å². The molecule has 0 unspecified atom stereocenters. The Labute approximate surface area is 87.9 Å². The van der Waals surface area contributed by atoms with Crippen molar-refractivity contribution in [2.75, 3.05) is 5.32 Å². The maximum Gasteiger partial charge on any atom is 0.394 e. The molecule has 0 spiro atoms. The lowest BCUT2D eigenvalue weighted by Gasteiger charge is -2.10. The molecule has 0 atom stereocenters. The lowest BCUT2D eigenvalue weighted by atomic mass is 10.1. The molecule has 1 rings (SSSR count). The molecule has 1 aromatic carbocycles. The molecule has 0 aromatic heterocycles. The highest BCUT2D eigenvalue weighted by Crippen LogP contribution is 2.21. The van der Waals surface area contributed by atoms with E-state index >= 15 is 0 Å². The number of benzene rings is 1. The molecule has 0 aliphatic rings. The second kappa shape index (κ2) is 4.13. The number of anilines is 1. The fraction of sp³-hybridized carbons (Fsp3) is 0.273. The van der Waals surface area contributed by atoms with Gasteiger partial charge in [0.1, 0.15) is 0 Å². The summed E-state index contributed by atoms with van der Waals surface area (Å²) in [5.74, 6) is -2.49. The number of hydrogen-bond acceptors (Lipinski definition) is 2. The van der Waals surface area contributed by atoms with Crippen LogP contribution in [0.3, 0.4) is 0 Å². The van der Waals surface area contributed by atoms with Crippen LogP contribution in [0.2, 0.25) is 0 Å². The van der Waals surface area contributed by atoms with Gasteiger partial charge in [-0.1, -0.05) is 17.7 Å². The maximum atomic E-state index is 11.0. The zero-order valence-corrected chi connectivity index (χ0v) is 8.92. The number of carbonyl (C=O) groups excluding carboxylic acids is 1. The number of aryl methyl sites for hydroxylation is 3. The number of carbonyl (C=O) groups is 2. The summed E-state index contributed by atoms with van der Waals surface area (Å²) in [4.78, 5) is 21.4. The van der Waals surface area contributed by atoms with Crippen LogP contribution in [0.1, 0.15) is 16.7 Å². The summed E-state index contributed by atoms with van der Waals surface area (Å²) >= 11 is 0. The first-order chi connectivity index (χ1) is 6.91. The van der Waals surface area contributed by atoms with E-state index < -0.39 is 11.9 Å². The van der Waals surface area contributed by atoms with Crippen molar-refractivity contribution in [1.29, 1.82) is 0 Å². The minimum Gasteiger partial charge on any atom is -0.474 e. The molecule has 80 valence electrons. The van der Waals surface area contributed by atoms with Crippen LogP contribution in [-0.4, -0.2) is 17.0 Å². The highest BCUT2D eigenvalue weighted by Gasteiger charge is 2.13. The predicted octanol–water partition coefficient (Wildman–Crippen LogP) is 1.63. The van der Waals surface area contributed by atoms with Gasteiger partial charge in [-0.15, -0.1) is 0 Å². The van der Waals surface area contributed by atoms with Crippen molar-refractivity contribution >= 4 is 17.6 Å². The van der Waals surface area contributed by atoms with Crippen molar-refractivity contribution in [3.8, 4) is 0 Å². The minimum absolute atomic E-state index is 0.577. The molecule has 0 aliphatic heterocycles. The first-order valence-corrected chi connectivity index (χ1v) is 4.54. The Bertz CT molecular complexity index is 401. The Morgan fingerprint density at radius 1 is 1.13 bits per heavy atom. The highest BCUT2D eigenvalue weighted by molar-refractivity contribution is 6.36. The largest absolute Gasteiger partial charge is 0.474 e. The molecule has 1 amide bonds. The van der Waals surface area contributed by atoms with E-state index in [1.54, 1.807) is 0 Å². The monoisotopic (exact) mass is 207 g/mol. The van der Waals surface area contributed by atoms with Crippen molar-refractivity contribution in [3.63, 3.8) is 0 Å². The summed E-state index contributed by atoms with van der Waals surface area (Å²) in [7, 11) is 0. The standard InChI is InChI=1S/C11H13NO3/c1-6-4-7(2)9(8(3)5-6)12-10(13)11(14)15/h4-5H,1-3H3,(H,12,13)(H,14,15). The average Bonchev–Trinajstić information content (AvgIpc) is 2.10. The van der Waals surface area contributed by atoms with Gasteiger partial charge in [-0.3, -0.25) is 4.79 Å². The maximum absolute atomic E-state index is 11.0. The molecule has 15 heavy (non-hydrogen) atoms. The summed E-state index contributed by atoms with van der Waals surface area (Å²) in [6.45, 7) is 5.61. The summed E-state index contributed by atoms with van der Waals surface area (Å²) in [6.07, 6.45) is 0. The predicted molar refractivity (Wildman–Crippen MR) is 56.9 cm³/mol. The first kappa shape index (κ1) is 11.2. The van der Waals surface area contributed by atoms with Crippen LogP contribution in [0.15, 0.2) is 12.1 Å². The number of carboxylic acid groups (broad SMARTS) is 1.